The van der Waals surface area contributed by atoms with Crippen molar-refractivity contribution in [1.82, 2.24) is 9.88 Å². The third-order valence-electron chi connectivity index (χ3n) is 4.46. The average molecular weight is 301 g/mol. The van der Waals surface area contributed by atoms with Gasteiger partial charge in [0, 0.05) is 24.0 Å². The molecule has 0 bridgehead atoms. The highest BCUT2D eigenvalue weighted by atomic mass is 32.1. The van der Waals surface area contributed by atoms with Crippen LogP contribution in [0.15, 0.2) is 35.7 Å². The Hall–Kier alpha value is -1.23. The first-order chi connectivity index (χ1) is 10.3. The van der Waals surface area contributed by atoms with Crippen LogP contribution in [0.2, 0.25) is 0 Å². The molecule has 1 aliphatic heterocycles. The standard InChI is InChI=1S/C17H23N3S/c1-13-7-8-20(10-15(13)9-18)11-16-12-21-17(19-16)14-5-3-2-4-6-14/h2-6,12-13,15H,7-11,18H2,1H3. The Morgan fingerprint density at radius 3 is 2.90 bits per heavy atom. The summed E-state index contributed by atoms with van der Waals surface area (Å²) in [5, 5.41) is 3.31. The summed E-state index contributed by atoms with van der Waals surface area (Å²) in [6.07, 6.45) is 1.25. The highest BCUT2D eigenvalue weighted by Gasteiger charge is 2.25. The van der Waals surface area contributed by atoms with Crippen molar-refractivity contribution in [2.45, 2.75) is 19.9 Å². The normalized spacial score (nSPS) is 23.3. The van der Waals surface area contributed by atoms with Gasteiger partial charge in [0.15, 0.2) is 0 Å². The third kappa shape index (κ3) is 3.51. The van der Waals surface area contributed by atoms with Crippen molar-refractivity contribution in [2.24, 2.45) is 17.6 Å². The molecule has 1 aromatic carbocycles. The SMILES string of the molecule is CC1CCN(Cc2csc(-c3ccccc3)n2)CC1CN. The van der Waals surface area contributed by atoms with E-state index in [2.05, 4.69) is 41.5 Å². The van der Waals surface area contributed by atoms with E-state index in [4.69, 9.17) is 10.7 Å². The zero-order valence-corrected chi connectivity index (χ0v) is 13.4. The van der Waals surface area contributed by atoms with Crippen molar-refractivity contribution >= 4 is 11.3 Å². The molecule has 21 heavy (non-hydrogen) atoms. The van der Waals surface area contributed by atoms with Crippen molar-refractivity contribution in [2.75, 3.05) is 19.6 Å². The van der Waals surface area contributed by atoms with E-state index < -0.39 is 0 Å². The number of thiazole rings is 1. The van der Waals surface area contributed by atoms with Gasteiger partial charge in [-0.3, -0.25) is 4.90 Å². The first kappa shape index (κ1) is 14.7. The number of nitrogens with zero attached hydrogens (tertiary/aromatic N) is 2. The minimum absolute atomic E-state index is 0.631. The van der Waals surface area contributed by atoms with Crippen molar-refractivity contribution in [3.8, 4) is 10.6 Å². The molecule has 0 aliphatic carbocycles. The first-order valence-corrected chi connectivity index (χ1v) is 8.56. The van der Waals surface area contributed by atoms with E-state index in [0.717, 1.165) is 37.1 Å². The van der Waals surface area contributed by atoms with Crippen LogP contribution in [0.5, 0.6) is 0 Å². The summed E-state index contributed by atoms with van der Waals surface area (Å²) >= 11 is 1.74. The molecule has 2 aromatic rings. The molecule has 112 valence electrons. The average Bonchev–Trinajstić information content (AvgIpc) is 2.98. The van der Waals surface area contributed by atoms with Crippen LogP contribution in [0.1, 0.15) is 19.0 Å². The van der Waals surface area contributed by atoms with Gasteiger partial charge in [-0.15, -0.1) is 11.3 Å². The zero-order valence-electron chi connectivity index (χ0n) is 12.5. The number of benzene rings is 1. The minimum Gasteiger partial charge on any atom is -0.330 e. The third-order valence-corrected chi connectivity index (χ3v) is 5.40. The van der Waals surface area contributed by atoms with Crippen LogP contribution >= 0.6 is 11.3 Å². The van der Waals surface area contributed by atoms with Crippen LogP contribution < -0.4 is 5.73 Å². The van der Waals surface area contributed by atoms with Gasteiger partial charge in [0.1, 0.15) is 5.01 Å². The van der Waals surface area contributed by atoms with Gasteiger partial charge in [-0.25, -0.2) is 4.98 Å². The van der Waals surface area contributed by atoms with E-state index in [1.807, 2.05) is 6.07 Å². The highest BCUT2D eigenvalue weighted by molar-refractivity contribution is 7.13. The van der Waals surface area contributed by atoms with Crippen LogP contribution in [0.4, 0.5) is 0 Å². The second-order valence-electron chi connectivity index (χ2n) is 6.01. The van der Waals surface area contributed by atoms with Crippen molar-refractivity contribution in [1.29, 1.82) is 0 Å². The van der Waals surface area contributed by atoms with Gasteiger partial charge >= 0.3 is 0 Å². The smallest absolute Gasteiger partial charge is 0.123 e. The molecule has 0 radical (unpaired) electrons. The molecule has 3 rings (SSSR count). The van der Waals surface area contributed by atoms with E-state index in [1.54, 1.807) is 11.3 Å². The van der Waals surface area contributed by atoms with E-state index in [1.165, 1.54) is 17.7 Å². The Bertz CT molecular complexity index is 566. The fourth-order valence-corrected chi connectivity index (χ4v) is 3.81. The fraction of sp³-hybridized carbons (Fsp3) is 0.471. The largest absolute Gasteiger partial charge is 0.330 e. The molecule has 2 unspecified atom stereocenters. The molecule has 2 heterocycles. The monoisotopic (exact) mass is 301 g/mol. The maximum Gasteiger partial charge on any atom is 0.123 e. The van der Waals surface area contributed by atoms with Crippen LogP contribution in [0.3, 0.4) is 0 Å². The maximum absolute atomic E-state index is 5.89. The lowest BCUT2D eigenvalue weighted by Gasteiger charge is -2.36. The summed E-state index contributed by atoms with van der Waals surface area (Å²) < 4.78 is 0. The Balaban J connectivity index is 1.65. The lowest BCUT2D eigenvalue weighted by molar-refractivity contribution is 0.125. The zero-order chi connectivity index (χ0) is 14.7. The Labute approximate surface area is 130 Å². The van der Waals surface area contributed by atoms with Gasteiger partial charge in [0.25, 0.3) is 0 Å². The molecule has 1 aromatic heterocycles. The van der Waals surface area contributed by atoms with Gasteiger partial charge in [-0.2, -0.15) is 0 Å². The van der Waals surface area contributed by atoms with Crippen LogP contribution in [0, 0.1) is 11.8 Å². The van der Waals surface area contributed by atoms with Gasteiger partial charge in [0.05, 0.1) is 5.69 Å². The molecule has 4 heteroatoms. The number of piperidine rings is 1. The first-order valence-electron chi connectivity index (χ1n) is 7.68. The van der Waals surface area contributed by atoms with Crippen LogP contribution in [0.25, 0.3) is 10.6 Å². The molecule has 1 saturated heterocycles. The second-order valence-corrected chi connectivity index (χ2v) is 6.86. The van der Waals surface area contributed by atoms with E-state index in [0.29, 0.717) is 5.92 Å². The summed E-state index contributed by atoms with van der Waals surface area (Å²) in [7, 11) is 0. The van der Waals surface area contributed by atoms with Gasteiger partial charge in [-0.05, 0) is 31.3 Å². The molecule has 1 fully saturated rings. The fourth-order valence-electron chi connectivity index (χ4n) is 3.00. The van der Waals surface area contributed by atoms with Crippen LogP contribution in [-0.4, -0.2) is 29.5 Å². The molecule has 3 nitrogen and oxygen atoms in total. The number of likely N-dealkylation sites (tertiary alicyclic amines) is 1. The Morgan fingerprint density at radius 2 is 2.14 bits per heavy atom. The number of hydrogen-bond donors (Lipinski definition) is 1. The molecule has 2 N–H and O–H groups in total. The minimum atomic E-state index is 0.631. The lowest BCUT2D eigenvalue weighted by Crippen LogP contribution is -2.42. The van der Waals surface area contributed by atoms with Crippen molar-refractivity contribution < 1.29 is 0 Å². The van der Waals surface area contributed by atoms with Gasteiger partial charge in [-0.1, -0.05) is 37.3 Å². The second kappa shape index (κ2) is 6.69. The maximum atomic E-state index is 5.89. The predicted molar refractivity (Wildman–Crippen MR) is 89.2 cm³/mol. The molecular formula is C17H23N3S. The topological polar surface area (TPSA) is 42.2 Å². The van der Waals surface area contributed by atoms with E-state index in [9.17, 15) is 0 Å². The quantitative estimate of drug-likeness (QED) is 0.943. The van der Waals surface area contributed by atoms with Crippen molar-refractivity contribution in [3.63, 3.8) is 0 Å². The molecule has 0 amide bonds. The van der Waals surface area contributed by atoms with Gasteiger partial charge < -0.3 is 5.73 Å². The Kier molecular flexibility index (Phi) is 4.68. The lowest BCUT2D eigenvalue weighted by atomic mass is 9.87. The molecule has 0 saturated carbocycles. The van der Waals surface area contributed by atoms with Crippen LogP contribution in [-0.2, 0) is 6.54 Å². The molecular weight excluding hydrogens is 278 g/mol. The molecule has 2 atom stereocenters. The van der Waals surface area contributed by atoms with Gasteiger partial charge in [0.2, 0.25) is 0 Å². The highest BCUT2D eigenvalue weighted by Crippen LogP contribution is 2.26. The number of rotatable bonds is 4. The number of aromatic nitrogens is 1. The van der Waals surface area contributed by atoms with E-state index in [-0.39, 0.29) is 0 Å². The summed E-state index contributed by atoms with van der Waals surface area (Å²) in [4.78, 5) is 7.29. The summed E-state index contributed by atoms with van der Waals surface area (Å²) in [5.41, 5.74) is 8.28. The molecule has 0 spiro atoms. The van der Waals surface area contributed by atoms with E-state index >= 15 is 0 Å². The van der Waals surface area contributed by atoms with Crippen molar-refractivity contribution in [3.05, 3.63) is 41.4 Å². The predicted octanol–water partition coefficient (Wildman–Crippen LogP) is 3.23. The Morgan fingerprint density at radius 1 is 1.33 bits per heavy atom. The summed E-state index contributed by atoms with van der Waals surface area (Å²) in [5.74, 6) is 1.38. The number of nitrogens with two attached hydrogens (primary N) is 1. The number of hydrogen-bond acceptors (Lipinski definition) is 4. The summed E-state index contributed by atoms with van der Waals surface area (Å²) in [6.45, 7) is 6.34. The molecule has 1 aliphatic rings. The summed E-state index contributed by atoms with van der Waals surface area (Å²) in [6, 6.07) is 10.4.